The lowest BCUT2D eigenvalue weighted by Crippen LogP contribution is -2.31. The molecule has 0 unspecified atom stereocenters. The van der Waals surface area contributed by atoms with Gasteiger partial charge in [0.25, 0.3) is 11.8 Å². The SMILES string of the molecule is C=C(C#N)CN1C(=O)c2cccc(-c3cncc(OC)c3)c2C1=O. The van der Waals surface area contributed by atoms with Crippen LogP contribution in [-0.2, 0) is 0 Å². The first-order valence-electron chi connectivity index (χ1n) is 7.13. The Morgan fingerprint density at radius 1 is 1.29 bits per heavy atom. The Labute approximate surface area is 138 Å². The van der Waals surface area contributed by atoms with Crippen molar-refractivity contribution >= 4 is 11.8 Å². The molecule has 6 heteroatoms. The predicted molar refractivity (Wildman–Crippen MR) is 86.3 cm³/mol. The van der Waals surface area contributed by atoms with E-state index >= 15 is 0 Å². The third kappa shape index (κ3) is 2.42. The molecule has 0 N–H and O–H groups in total. The predicted octanol–water partition coefficient (Wildman–Crippen LogP) is 2.43. The van der Waals surface area contributed by atoms with E-state index in [-0.39, 0.29) is 12.1 Å². The monoisotopic (exact) mass is 319 g/mol. The minimum atomic E-state index is -0.440. The molecule has 118 valence electrons. The number of carbonyl (C=O) groups excluding carboxylic acids is 2. The number of hydrogen-bond acceptors (Lipinski definition) is 5. The molecule has 24 heavy (non-hydrogen) atoms. The lowest BCUT2D eigenvalue weighted by Gasteiger charge is -2.12. The Hall–Kier alpha value is -3.46. The summed E-state index contributed by atoms with van der Waals surface area (Å²) in [6.07, 6.45) is 3.16. The van der Waals surface area contributed by atoms with Crippen LogP contribution in [0, 0.1) is 11.3 Å². The number of imide groups is 1. The van der Waals surface area contributed by atoms with E-state index < -0.39 is 11.8 Å². The topological polar surface area (TPSA) is 83.3 Å². The number of rotatable bonds is 4. The Morgan fingerprint density at radius 3 is 2.75 bits per heavy atom. The van der Waals surface area contributed by atoms with Gasteiger partial charge in [-0.15, -0.1) is 0 Å². The Bertz CT molecular complexity index is 912. The summed E-state index contributed by atoms with van der Waals surface area (Å²) in [5.74, 6) is -0.314. The average Bonchev–Trinajstić information content (AvgIpc) is 2.86. The second kappa shape index (κ2) is 5.97. The zero-order valence-corrected chi connectivity index (χ0v) is 12.9. The van der Waals surface area contributed by atoms with Gasteiger partial charge >= 0.3 is 0 Å². The number of carbonyl (C=O) groups is 2. The van der Waals surface area contributed by atoms with Crippen LogP contribution in [0.4, 0.5) is 0 Å². The molecule has 0 bridgehead atoms. The molecule has 3 rings (SSSR count). The smallest absolute Gasteiger partial charge is 0.262 e. The van der Waals surface area contributed by atoms with Gasteiger partial charge in [-0.2, -0.15) is 5.26 Å². The fourth-order valence-corrected chi connectivity index (χ4v) is 2.62. The highest BCUT2D eigenvalue weighted by atomic mass is 16.5. The van der Waals surface area contributed by atoms with E-state index in [1.807, 2.05) is 6.07 Å². The summed E-state index contributed by atoms with van der Waals surface area (Å²) >= 11 is 0. The maximum Gasteiger partial charge on any atom is 0.262 e. The van der Waals surface area contributed by atoms with Crippen LogP contribution in [0.5, 0.6) is 5.75 Å². The van der Waals surface area contributed by atoms with E-state index in [1.165, 1.54) is 7.11 Å². The zero-order chi connectivity index (χ0) is 17.3. The second-order valence-corrected chi connectivity index (χ2v) is 5.25. The van der Waals surface area contributed by atoms with Gasteiger partial charge in [0.1, 0.15) is 5.75 Å². The van der Waals surface area contributed by atoms with Crippen molar-refractivity contribution in [2.24, 2.45) is 0 Å². The molecule has 0 atom stereocenters. The van der Waals surface area contributed by atoms with Gasteiger partial charge < -0.3 is 4.74 Å². The largest absolute Gasteiger partial charge is 0.495 e. The third-order valence-electron chi connectivity index (χ3n) is 3.77. The summed E-state index contributed by atoms with van der Waals surface area (Å²) in [6.45, 7) is 3.43. The van der Waals surface area contributed by atoms with Gasteiger partial charge in [-0.1, -0.05) is 18.7 Å². The van der Waals surface area contributed by atoms with Crippen LogP contribution in [0.1, 0.15) is 20.7 Å². The normalized spacial score (nSPS) is 12.8. The summed E-state index contributed by atoms with van der Waals surface area (Å²) in [5, 5.41) is 8.85. The number of pyridine rings is 1. The Morgan fingerprint density at radius 2 is 2.04 bits per heavy atom. The third-order valence-corrected chi connectivity index (χ3v) is 3.77. The number of fused-ring (bicyclic) bond motifs is 1. The van der Waals surface area contributed by atoms with Crippen molar-refractivity contribution < 1.29 is 14.3 Å². The number of aromatic nitrogens is 1. The first-order chi connectivity index (χ1) is 11.6. The molecule has 0 aliphatic carbocycles. The van der Waals surface area contributed by atoms with E-state index in [0.717, 1.165) is 4.90 Å². The van der Waals surface area contributed by atoms with E-state index in [4.69, 9.17) is 10.00 Å². The first kappa shape index (κ1) is 15.4. The molecule has 0 saturated carbocycles. The van der Waals surface area contributed by atoms with Gasteiger partial charge in [0, 0.05) is 17.3 Å². The molecule has 1 aliphatic heterocycles. The lowest BCUT2D eigenvalue weighted by molar-refractivity contribution is 0.0670. The molecular weight excluding hydrogens is 306 g/mol. The van der Waals surface area contributed by atoms with Gasteiger partial charge in [-0.05, 0) is 17.7 Å². The summed E-state index contributed by atoms with van der Waals surface area (Å²) in [5.41, 5.74) is 2.04. The molecule has 2 heterocycles. The van der Waals surface area contributed by atoms with Crippen molar-refractivity contribution in [3.63, 3.8) is 0 Å². The summed E-state index contributed by atoms with van der Waals surface area (Å²) < 4.78 is 5.16. The zero-order valence-electron chi connectivity index (χ0n) is 12.9. The van der Waals surface area contributed by atoms with Gasteiger partial charge in [0.15, 0.2) is 0 Å². The highest BCUT2D eigenvalue weighted by Gasteiger charge is 2.37. The summed E-state index contributed by atoms with van der Waals surface area (Å²) in [6, 6.07) is 8.66. The van der Waals surface area contributed by atoms with Crippen molar-refractivity contribution in [1.29, 1.82) is 5.26 Å². The van der Waals surface area contributed by atoms with Crippen LogP contribution in [0.3, 0.4) is 0 Å². The number of ether oxygens (including phenoxy) is 1. The van der Waals surface area contributed by atoms with Gasteiger partial charge in [-0.25, -0.2) is 0 Å². The number of amides is 2. The van der Waals surface area contributed by atoms with Crippen LogP contribution in [-0.4, -0.2) is 35.4 Å². The van der Waals surface area contributed by atoms with E-state index in [0.29, 0.717) is 28.0 Å². The molecule has 0 fully saturated rings. The van der Waals surface area contributed by atoms with Crippen LogP contribution >= 0.6 is 0 Å². The number of benzene rings is 1. The van der Waals surface area contributed by atoms with Crippen LogP contribution in [0.15, 0.2) is 48.8 Å². The fourth-order valence-electron chi connectivity index (χ4n) is 2.62. The number of nitrogens with zero attached hydrogens (tertiary/aromatic N) is 3. The molecule has 1 aromatic heterocycles. The molecule has 1 aliphatic rings. The average molecular weight is 319 g/mol. The number of nitriles is 1. The molecule has 6 nitrogen and oxygen atoms in total. The molecule has 1 aromatic carbocycles. The van der Waals surface area contributed by atoms with Crippen LogP contribution < -0.4 is 4.74 Å². The summed E-state index contributed by atoms with van der Waals surface area (Å²) in [4.78, 5) is 30.3. The maximum atomic E-state index is 12.7. The Balaban J connectivity index is 2.10. The van der Waals surface area contributed by atoms with Crippen molar-refractivity contribution in [1.82, 2.24) is 9.88 Å². The van der Waals surface area contributed by atoms with Crippen LogP contribution in [0.25, 0.3) is 11.1 Å². The van der Waals surface area contributed by atoms with E-state index in [9.17, 15) is 9.59 Å². The van der Waals surface area contributed by atoms with Gasteiger partial charge in [0.2, 0.25) is 0 Å². The van der Waals surface area contributed by atoms with Crippen molar-refractivity contribution in [2.45, 2.75) is 0 Å². The Kier molecular flexibility index (Phi) is 3.84. The minimum absolute atomic E-state index is 0.112. The molecular formula is C18H13N3O3. The molecule has 0 spiro atoms. The summed E-state index contributed by atoms with van der Waals surface area (Å²) in [7, 11) is 1.53. The van der Waals surface area contributed by atoms with Crippen molar-refractivity contribution in [3.8, 4) is 22.9 Å². The van der Waals surface area contributed by atoms with Crippen molar-refractivity contribution in [2.75, 3.05) is 13.7 Å². The molecule has 2 aromatic rings. The maximum absolute atomic E-state index is 12.7. The standard InChI is InChI=1S/C18H13N3O3/c1-11(7-19)10-21-17(22)15-5-3-4-14(16(15)18(21)23)12-6-13(24-2)9-20-8-12/h3-6,8-9H,1,10H2,2H3. The molecule has 0 radical (unpaired) electrons. The highest BCUT2D eigenvalue weighted by Crippen LogP contribution is 2.33. The quantitative estimate of drug-likeness (QED) is 0.638. The lowest BCUT2D eigenvalue weighted by atomic mass is 9.97. The van der Waals surface area contributed by atoms with E-state index in [2.05, 4.69) is 11.6 Å². The fraction of sp³-hybridized carbons (Fsp3) is 0.111. The highest BCUT2D eigenvalue weighted by molar-refractivity contribution is 6.24. The number of hydrogen-bond donors (Lipinski definition) is 0. The van der Waals surface area contributed by atoms with E-state index in [1.54, 1.807) is 36.7 Å². The van der Waals surface area contributed by atoms with Crippen LogP contribution in [0.2, 0.25) is 0 Å². The molecule has 0 saturated heterocycles. The second-order valence-electron chi connectivity index (χ2n) is 5.25. The number of methoxy groups -OCH3 is 1. The minimum Gasteiger partial charge on any atom is -0.495 e. The van der Waals surface area contributed by atoms with Crippen molar-refractivity contribution in [3.05, 3.63) is 59.9 Å². The molecule has 2 amide bonds. The first-order valence-corrected chi connectivity index (χ1v) is 7.13. The van der Waals surface area contributed by atoms with Gasteiger partial charge in [0.05, 0.1) is 37.0 Å². The van der Waals surface area contributed by atoms with Gasteiger partial charge in [-0.3, -0.25) is 19.5 Å².